The SMILES string of the molecule is CN(CCCNC(=O)c1ccc(Cn2c(=S)[nH]c3cc4c(cc3c2=O)OCO4)cc1)Cc1ccccc1. The lowest BCUT2D eigenvalue weighted by atomic mass is 10.1. The van der Waals surface area contributed by atoms with Crippen molar-refractivity contribution in [3.8, 4) is 11.5 Å². The van der Waals surface area contributed by atoms with Gasteiger partial charge in [0.2, 0.25) is 6.79 Å². The molecule has 2 N–H and O–H groups in total. The zero-order valence-electron chi connectivity index (χ0n) is 20.5. The number of aromatic nitrogens is 2. The maximum absolute atomic E-state index is 13.1. The predicted octanol–water partition coefficient (Wildman–Crippen LogP) is 4.09. The predicted molar refractivity (Wildman–Crippen MR) is 145 cm³/mol. The molecule has 37 heavy (non-hydrogen) atoms. The van der Waals surface area contributed by atoms with Crippen LogP contribution in [0.4, 0.5) is 0 Å². The zero-order valence-corrected chi connectivity index (χ0v) is 21.3. The summed E-state index contributed by atoms with van der Waals surface area (Å²) in [4.78, 5) is 31.1. The zero-order chi connectivity index (χ0) is 25.8. The summed E-state index contributed by atoms with van der Waals surface area (Å²) < 4.78 is 12.6. The van der Waals surface area contributed by atoms with Crippen molar-refractivity contribution in [3.05, 3.63) is 98.5 Å². The Balaban J connectivity index is 1.17. The smallest absolute Gasteiger partial charge is 0.262 e. The molecule has 0 radical (unpaired) electrons. The molecule has 0 aliphatic carbocycles. The molecule has 0 fully saturated rings. The minimum atomic E-state index is -0.212. The maximum atomic E-state index is 13.1. The molecule has 0 unspecified atom stereocenters. The topological polar surface area (TPSA) is 88.6 Å². The largest absolute Gasteiger partial charge is 0.454 e. The summed E-state index contributed by atoms with van der Waals surface area (Å²) in [7, 11) is 2.08. The standard InChI is InChI=1S/C28H28N4O4S/c1-31(16-19-6-3-2-4-7-19)13-5-12-29-26(33)21-10-8-20(9-11-21)17-32-27(34)22-14-24-25(36-18-35-24)15-23(22)30-28(32)37/h2-4,6-11,14-15H,5,12-13,16-18H2,1H3,(H,29,33)(H,30,37). The highest BCUT2D eigenvalue weighted by Gasteiger charge is 2.17. The lowest BCUT2D eigenvalue weighted by Crippen LogP contribution is -2.28. The van der Waals surface area contributed by atoms with Crippen molar-refractivity contribution in [1.82, 2.24) is 19.8 Å². The van der Waals surface area contributed by atoms with E-state index in [4.69, 9.17) is 21.7 Å². The normalized spacial score (nSPS) is 12.3. The minimum absolute atomic E-state index is 0.117. The van der Waals surface area contributed by atoms with Crippen LogP contribution >= 0.6 is 12.2 Å². The Morgan fingerprint density at radius 3 is 2.54 bits per heavy atom. The van der Waals surface area contributed by atoms with Gasteiger partial charge in [-0.2, -0.15) is 0 Å². The van der Waals surface area contributed by atoms with Gasteiger partial charge in [-0.1, -0.05) is 42.5 Å². The van der Waals surface area contributed by atoms with E-state index in [-0.39, 0.29) is 24.8 Å². The number of hydrogen-bond acceptors (Lipinski definition) is 6. The third-order valence-corrected chi connectivity index (χ3v) is 6.65. The van der Waals surface area contributed by atoms with Crippen molar-refractivity contribution in [2.75, 3.05) is 26.9 Å². The molecule has 3 aromatic carbocycles. The first-order chi connectivity index (χ1) is 18.0. The number of benzene rings is 3. The fourth-order valence-electron chi connectivity index (χ4n) is 4.36. The van der Waals surface area contributed by atoms with Gasteiger partial charge in [0.1, 0.15) is 0 Å². The second-order valence-corrected chi connectivity index (χ2v) is 9.49. The molecule has 190 valence electrons. The van der Waals surface area contributed by atoms with Gasteiger partial charge in [0.25, 0.3) is 11.5 Å². The van der Waals surface area contributed by atoms with E-state index in [2.05, 4.69) is 34.4 Å². The van der Waals surface area contributed by atoms with Gasteiger partial charge in [0.05, 0.1) is 17.4 Å². The Morgan fingerprint density at radius 2 is 1.78 bits per heavy atom. The molecule has 1 amide bonds. The number of aromatic amines is 1. The number of amides is 1. The molecule has 1 aliphatic rings. The van der Waals surface area contributed by atoms with Crippen LogP contribution in [-0.4, -0.2) is 47.3 Å². The second kappa shape index (κ2) is 11.0. The van der Waals surface area contributed by atoms with Crippen molar-refractivity contribution in [2.24, 2.45) is 0 Å². The van der Waals surface area contributed by atoms with E-state index >= 15 is 0 Å². The number of nitrogens with one attached hydrogen (secondary N) is 2. The molecule has 0 saturated carbocycles. The lowest BCUT2D eigenvalue weighted by Gasteiger charge is -2.16. The molecule has 4 aromatic rings. The van der Waals surface area contributed by atoms with E-state index in [0.717, 1.165) is 25.1 Å². The van der Waals surface area contributed by atoms with Crippen LogP contribution < -0.4 is 20.3 Å². The van der Waals surface area contributed by atoms with Gasteiger partial charge in [-0.05, 0) is 61.6 Å². The summed E-state index contributed by atoms with van der Waals surface area (Å²) in [5.41, 5.74) is 3.10. The summed E-state index contributed by atoms with van der Waals surface area (Å²) in [6.07, 6.45) is 0.858. The average molecular weight is 517 g/mol. The molecular formula is C28H28N4O4S. The Hall–Kier alpha value is -3.95. The first-order valence-electron chi connectivity index (χ1n) is 12.1. The van der Waals surface area contributed by atoms with Gasteiger partial charge < -0.3 is 24.7 Å². The van der Waals surface area contributed by atoms with Crippen LogP contribution in [0.1, 0.15) is 27.9 Å². The quantitative estimate of drug-likeness (QED) is 0.257. The number of carbonyl (C=O) groups excluding carboxylic acids is 1. The van der Waals surface area contributed by atoms with Crippen LogP contribution in [-0.2, 0) is 13.1 Å². The molecule has 5 rings (SSSR count). The third-order valence-electron chi connectivity index (χ3n) is 6.33. The Labute approximate surface area is 219 Å². The molecule has 1 aliphatic heterocycles. The van der Waals surface area contributed by atoms with Gasteiger partial charge in [-0.15, -0.1) is 0 Å². The van der Waals surface area contributed by atoms with Gasteiger partial charge in [-0.3, -0.25) is 14.2 Å². The van der Waals surface area contributed by atoms with Gasteiger partial charge in [-0.25, -0.2) is 0 Å². The number of fused-ring (bicyclic) bond motifs is 2. The van der Waals surface area contributed by atoms with Crippen LogP contribution in [0.15, 0.2) is 71.5 Å². The fourth-order valence-corrected chi connectivity index (χ4v) is 4.61. The summed E-state index contributed by atoms with van der Waals surface area (Å²) in [5, 5.41) is 3.46. The van der Waals surface area contributed by atoms with Crippen molar-refractivity contribution < 1.29 is 14.3 Å². The molecule has 2 heterocycles. The van der Waals surface area contributed by atoms with Crippen LogP contribution in [0.3, 0.4) is 0 Å². The number of hydrogen-bond donors (Lipinski definition) is 2. The van der Waals surface area contributed by atoms with E-state index in [0.29, 0.717) is 39.3 Å². The highest BCUT2D eigenvalue weighted by molar-refractivity contribution is 7.71. The summed E-state index contributed by atoms with van der Waals surface area (Å²) >= 11 is 5.44. The summed E-state index contributed by atoms with van der Waals surface area (Å²) in [6, 6.07) is 20.9. The van der Waals surface area contributed by atoms with Crippen molar-refractivity contribution in [3.63, 3.8) is 0 Å². The van der Waals surface area contributed by atoms with Gasteiger partial charge >= 0.3 is 0 Å². The van der Waals surface area contributed by atoms with Gasteiger partial charge in [0.15, 0.2) is 16.3 Å². The lowest BCUT2D eigenvalue weighted by molar-refractivity contribution is 0.0952. The first kappa shape index (κ1) is 24.7. The Morgan fingerprint density at radius 1 is 1.05 bits per heavy atom. The van der Waals surface area contributed by atoms with E-state index < -0.39 is 0 Å². The minimum Gasteiger partial charge on any atom is -0.454 e. The number of nitrogens with zero attached hydrogens (tertiary/aromatic N) is 2. The molecule has 0 spiro atoms. The second-order valence-electron chi connectivity index (χ2n) is 9.10. The van der Waals surface area contributed by atoms with E-state index in [1.807, 2.05) is 30.3 Å². The number of rotatable bonds is 9. The molecule has 0 atom stereocenters. The maximum Gasteiger partial charge on any atom is 0.262 e. The Bertz CT molecular complexity index is 1530. The average Bonchev–Trinajstić information content (AvgIpc) is 3.36. The molecule has 9 heteroatoms. The van der Waals surface area contributed by atoms with Gasteiger partial charge in [0, 0.05) is 24.7 Å². The van der Waals surface area contributed by atoms with Crippen LogP contribution in [0.25, 0.3) is 10.9 Å². The van der Waals surface area contributed by atoms with Crippen molar-refractivity contribution in [2.45, 2.75) is 19.5 Å². The fraction of sp³-hybridized carbons (Fsp3) is 0.250. The molecule has 1 aromatic heterocycles. The number of H-pyrrole nitrogens is 1. The molecule has 8 nitrogen and oxygen atoms in total. The Kier molecular flexibility index (Phi) is 7.34. The third kappa shape index (κ3) is 5.73. The number of carbonyl (C=O) groups is 1. The van der Waals surface area contributed by atoms with Crippen LogP contribution in [0, 0.1) is 4.77 Å². The van der Waals surface area contributed by atoms with E-state index in [9.17, 15) is 9.59 Å². The molecule has 0 bridgehead atoms. The highest BCUT2D eigenvalue weighted by Crippen LogP contribution is 2.34. The van der Waals surface area contributed by atoms with E-state index in [1.165, 1.54) is 10.1 Å². The number of ether oxygens (including phenoxy) is 2. The molecular weight excluding hydrogens is 488 g/mol. The van der Waals surface area contributed by atoms with Crippen molar-refractivity contribution >= 4 is 29.0 Å². The summed E-state index contributed by atoms with van der Waals surface area (Å²) in [5.74, 6) is 1.01. The summed E-state index contributed by atoms with van der Waals surface area (Å²) in [6.45, 7) is 2.78. The molecule has 0 saturated heterocycles. The monoisotopic (exact) mass is 516 g/mol. The van der Waals surface area contributed by atoms with Crippen LogP contribution in [0.2, 0.25) is 0 Å². The first-order valence-corrected chi connectivity index (χ1v) is 12.5. The highest BCUT2D eigenvalue weighted by atomic mass is 32.1. The van der Waals surface area contributed by atoms with Crippen molar-refractivity contribution in [1.29, 1.82) is 0 Å². The van der Waals surface area contributed by atoms with E-state index in [1.54, 1.807) is 24.3 Å². The van der Waals surface area contributed by atoms with Crippen LogP contribution in [0.5, 0.6) is 11.5 Å².